The van der Waals surface area contributed by atoms with E-state index in [1.54, 1.807) is 0 Å². The van der Waals surface area contributed by atoms with E-state index >= 15 is 0 Å². The van der Waals surface area contributed by atoms with Gasteiger partial charge in [0.25, 0.3) is 0 Å². The molecule has 2 spiro atoms. The number of aromatic nitrogens is 4. The van der Waals surface area contributed by atoms with Gasteiger partial charge in [-0.15, -0.1) is 0 Å². The molecule has 2 aliphatic carbocycles. The fourth-order valence-electron chi connectivity index (χ4n) is 20.4. The first-order valence-corrected chi connectivity index (χ1v) is 42.6. The lowest BCUT2D eigenvalue weighted by atomic mass is 9.66. The fraction of sp³-hybridized carbons (Fsp3) is 0.0169. The summed E-state index contributed by atoms with van der Waals surface area (Å²) < 4.78 is 20.6. The van der Waals surface area contributed by atoms with Gasteiger partial charge in [0.05, 0.1) is 33.6 Å². The van der Waals surface area contributed by atoms with Crippen molar-refractivity contribution in [1.29, 1.82) is 0 Å². The van der Waals surface area contributed by atoms with Crippen molar-refractivity contribution in [2.75, 3.05) is 0 Å². The first-order valence-electron chi connectivity index (χ1n) is 42.6. The normalized spacial score (nSPS) is 13.1. The van der Waals surface area contributed by atoms with Gasteiger partial charge in [0, 0.05) is 72.0 Å². The van der Waals surface area contributed by atoms with E-state index in [1.807, 2.05) is 12.1 Å². The average molecular weight is 1590 g/mol. The van der Waals surface area contributed by atoms with E-state index < -0.39 is 10.8 Å². The Morgan fingerprint density at radius 3 is 0.904 bits per heavy atom. The summed E-state index contributed by atoms with van der Waals surface area (Å²) in [6.45, 7) is 0. The predicted octanol–water partition coefficient (Wildman–Crippen LogP) is 30.1. The number of rotatable bonds is 12. The van der Waals surface area contributed by atoms with Crippen LogP contribution >= 0.6 is 0 Å². The maximum atomic E-state index is 7.02. The number of furan rings is 1. The lowest BCUT2D eigenvalue weighted by molar-refractivity contribution is 0.436. The largest absolute Gasteiger partial charge is 0.457 e. The Kier molecular flexibility index (Phi) is 16.3. The number of para-hydroxylation sites is 4. The van der Waals surface area contributed by atoms with Crippen LogP contribution in [0.2, 0.25) is 0 Å². The second kappa shape index (κ2) is 28.6. The van der Waals surface area contributed by atoms with Crippen LogP contribution in [-0.2, 0) is 10.8 Å². The first kappa shape index (κ1) is 71.4. The molecule has 21 aromatic rings. The smallest absolute Gasteiger partial charge is 0.160 e. The summed E-state index contributed by atoms with van der Waals surface area (Å²) >= 11 is 0. The minimum atomic E-state index is -0.568. The first-order chi connectivity index (χ1) is 61.9. The SMILES string of the molecule is c1ccc(-c2cccc(-c3cc(-c4cccc(-c5cccc(-c6cccc(-c7cc(-c8ccc(-c9cccc%10c9oc9ccccc9%10)cc8)nc(-c8cccc(-c9ccc%10c(c9)Oc9ccccc9C%109c%10ccccc%10-c%10ccccc%109)c8)n7)c6)c5)c4)nc(-c4cccc(-c5ccc6c(c5)Oc5ccccc5C65c6ccccc6-c6ccccc65)c4)n3)c2)cc1. The van der Waals surface area contributed by atoms with Crippen molar-refractivity contribution in [3.8, 4) is 180 Å². The summed E-state index contributed by atoms with van der Waals surface area (Å²) in [6, 6.07) is 156. The molecule has 7 heteroatoms. The molecule has 125 heavy (non-hydrogen) atoms. The third-order valence-electron chi connectivity index (χ3n) is 26.1. The summed E-state index contributed by atoms with van der Waals surface area (Å²) in [5.41, 5.74) is 36.6. The second-order valence-corrected chi connectivity index (χ2v) is 32.9. The maximum Gasteiger partial charge on any atom is 0.160 e. The van der Waals surface area contributed by atoms with Crippen molar-refractivity contribution >= 4 is 21.9 Å². The van der Waals surface area contributed by atoms with Crippen LogP contribution in [0, 0.1) is 0 Å². The third-order valence-corrected chi connectivity index (χ3v) is 26.1. The molecule has 0 atom stereocenters. The van der Waals surface area contributed by atoms with Crippen LogP contribution in [0.1, 0.15) is 44.5 Å². The summed E-state index contributed by atoms with van der Waals surface area (Å²) in [7, 11) is 0. The molecule has 2 aliphatic heterocycles. The van der Waals surface area contributed by atoms with Crippen LogP contribution in [0.4, 0.5) is 0 Å². The van der Waals surface area contributed by atoms with Crippen molar-refractivity contribution in [2.24, 2.45) is 0 Å². The van der Waals surface area contributed by atoms with Crippen LogP contribution in [-0.4, -0.2) is 19.9 Å². The average Bonchev–Trinajstić information content (AvgIpc) is 1.53. The van der Waals surface area contributed by atoms with Gasteiger partial charge in [-0.25, -0.2) is 19.9 Å². The number of fused-ring (bicyclic) bond motifs is 21. The monoisotopic (exact) mass is 1590 g/mol. The predicted molar refractivity (Wildman–Crippen MR) is 505 cm³/mol. The molecule has 7 nitrogen and oxygen atoms in total. The highest BCUT2D eigenvalue weighted by Crippen LogP contribution is 2.65. The topological polar surface area (TPSA) is 83.2 Å². The van der Waals surface area contributed by atoms with E-state index in [0.29, 0.717) is 11.6 Å². The number of hydrogen-bond donors (Lipinski definition) is 0. The van der Waals surface area contributed by atoms with Gasteiger partial charge in [-0.1, -0.05) is 358 Å². The van der Waals surface area contributed by atoms with E-state index in [-0.39, 0.29) is 0 Å². The molecule has 0 radical (unpaired) electrons. The molecular weight excluding hydrogens is 1520 g/mol. The highest BCUT2D eigenvalue weighted by Gasteiger charge is 2.53. The van der Waals surface area contributed by atoms with Crippen LogP contribution in [0.15, 0.2) is 441 Å². The molecule has 0 fully saturated rings. The Morgan fingerprint density at radius 2 is 0.456 bits per heavy atom. The highest BCUT2D eigenvalue weighted by atomic mass is 16.5. The zero-order valence-electron chi connectivity index (χ0n) is 67.6. The molecule has 18 aromatic carbocycles. The maximum absolute atomic E-state index is 7.02. The van der Waals surface area contributed by atoms with Crippen molar-refractivity contribution in [3.05, 3.63) is 481 Å². The van der Waals surface area contributed by atoms with Gasteiger partial charge in [0.1, 0.15) is 34.2 Å². The van der Waals surface area contributed by atoms with Crippen molar-refractivity contribution < 1.29 is 13.9 Å². The van der Waals surface area contributed by atoms with Crippen LogP contribution < -0.4 is 9.47 Å². The van der Waals surface area contributed by atoms with Crippen molar-refractivity contribution in [2.45, 2.75) is 10.8 Å². The van der Waals surface area contributed by atoms with E-state index in [1.165, 1.54) is 44.5 Å². The molecular formula is C118H72N4O3. The molecule has 0 bridgehead atoms. The Morgan fingerprint density at radius 1 is 0.168 bits per heavy atom. The summed E-state index contributed by atoms with van der Waals surface area (Å²) in [5, 5.41) is 2.19. The van der Waals surface area contributed by atoms with Gasteiger partial charge in [0.2, 0.25) is 0 Å². The standard InChI is InChI=1S/C118H72N4O3/c1-2-25-73(26-3-1)76-27-19-34-85(64-76)107-72-108(122-116(121-107)89-38-23-33-82(68-89)84-60-62-104-113(70-84)124-111-54-17-14-51-102(111)118(104)99-48-11-6-41-93(99)94-42-7-12-49-100(94)118)87-36-21-31-80(66-87)78-29-18-28-77(63-78)79-30-20-35-86(65-79)106-71-105(75-57-55-74(56-58-75)90-44-24-45-96-95-43-8-15-52-109(95)125-114(90)96)119-115(120-106)88-37-22-32-81(67-88)83-59-61-103-112(69-83)123-110-53-16-13-50-101(110)117(103)97-46-9-4-39-91(97)92-40-5-10-47-98(92)117/h1-72H. The van der Waals surface area contributed by atoms with Crippen LogP contribution in [0.5, 0.6) is 23.0 Å². The molecule has 5 heterocycles. The third kappa shape index (κ3) is 11.5. The Bertz CT molecular complexity index is 7930. The van der Waals surface area contributed by atoms with E-state index in [0.717, 1.165) is 190 Å². The van der Waals surface area contributed by atoms with Gasteiger partial charge in [0.15, 0.2) is 11.6 Å². The highest BCUT2D eigenvalue weighted by molar-refractivity contribution is 6.10. The zero-order valence-corrected chi connectivity index (χ0v) is 67.6. The Hall–Kier alpha value is -16.5. The van der Waals surface area contributed by atoms with Gasteiger partial charge < -0.3 is 13.9 Å². The minimum Gasteiger partial charge on any atom is -0.457 e. The second-order valence-electron chi connectivity index (χ2n) is 32.9. The molecule has 3 aromatic heterocycles. The number of hydrogen-bond acceptors (Lipinski definition) is 7. The van der Waals surface area contributed by atoms with E-state index in [9.17, 15) is 0 Å². The molecule has 0 N–H and O–H groups in total. The van der Waals surface area contributed by atoms with Gasteiger partial charge in [-0.3, -0.25) is 0 Å². The fourth-order valence-corrected chi connectivity index (χ4v) is 20.4. The summed E-state index contributed by atoms with van der Waals surface area (Å²) in [4.78, 5) is 22.1. The van der Waals surface area contributed by atoms with Crippen molar-refractivity contribution in [3.63, 3.8) is 0 Å². The lowest BCUT2D eigenvalue weighted by Crippen LogP contribution is -2.32. The molecule has 0 amide bonds. The number of ether oxygens (including phenoxy) is 2. The van der Waals surface area contributed by atoms with Gasteiger partial charge in [-0.05, 0) is 185 Å². The van der Waals surface area contributed by atoms with Gasteiger partial charge >= 0.3 is 0 Å². The Labute approximate surface area is 722 Å². The quantitative estimate of drug-likeness (QED) is 0.120. The Balaban J connectivity index is 0.567. The minimum absolute atomic E-state index is 0.561. The number of nitrogens with zero attached hydrogens (tertiary/aromatic N) is 4. The van der Waals surface area contributed by atoms with E-state index in [2.05, 4.69) is 425 Å². The lowest BCUT2D eigenvalue weighted by Gasteiger charge is -2.39. The molecule has 25 rings (SSSR count). The zero-order chi connectivity index (χ0) is 82.3. The molecule has 4 aliphatic rings. The molecule has 0 saturated carbocycles. The molecule has 0 saturated heterocycles. The van der Waals surface area contributed by atoms with Crippen LogP contribution in [0.3, 0.4) is 0 Å². The van der Waals surface area contributed by atoms with E-state index in [4.69, 9.17) is 33.8 Å². The van der Waals surface area contributed by atoms with Gasteiger partial charge in [-0.2, -0.15) is 0 Å². The molecule has 0 unspecified atom stereocenters. The summed E-state index contributed by atoms with van der Waals surface area (Å²) in [6.07, 6.45) is 0. The molecule has 582 valence electrons. The number of benzene rings is 18. The van der Waals surface area contributed by atoms with Crippen LogP contribution in [0.25, 0.3) is 179 Å². The summed E-state index contributed by atoms with van der Waals surface area (Å²) in [5.74, 6) is 4.58. The van der Waals surface area contributed by atoms with Crippen molar-refractivity contribution in [1.82, 2.24) is 19.9 Å².